The molecule has 2 saturated heterocycles. The number of amides is 1. The topological polar surface area (TPSA) is 67.2 Å². The smallest absolute Gasteiger partial charge is 0.253 e. The van der Waals surface area contributed by atoms with Gasteiger partial charge in [0.1, 0.15) is 5.75 Å². The molecule has 3 atom stereocenters. The van der Waals surface area contributed by atoms with Gasteiger partial charge < -0.3 is 15.1 Å². The summed E-state index contributed by atoms with van der Waals surface area (Å²) in [5.74, 6) is 0.278. The first-order chi connectivity index (χ1) is 16.4. The number of rotatable bonds is 6. The second-order valence-electron chi connectivity index (χ2n) is 9.78. The summed E-state index contributed by atoms with van der Waals surface area (Å²) in [7, 11) is 0. The lowest BCUT2D eigenvalue weighted by Crippen LogP contribution is -2.57. The Labute approximate surface area is 203 Å². The minimum atomic E-state index is -0.300. The first-order valence-corrected chi connectivity index (χ1v) is 12.3. The molecule has 2 aromatic carbocycles. The van der Waals surface area contributed by atoms with Gasteiger partial charge in [-0.3, -0.25) is 14.6 Å². The average molecular weight is 464 g/mol. The number of phenolic OH excluding ortho intramolecular Hbond substituents is 1. The standard InChI is InChI=1S/C28H37N3O3/c1-4-14-30-18-21(3)31(19-20(30)2)27(24-6-5-7-26(33)17-24)22-8-10-23(11-9-22)28(34)29-15-12-25(32)13-16-29/h4-11,17,20-21,25,27,32-33H,1,12-16,18-19H2,2-3H3/t20-,21+,27-/m1/s1. The number of piperazine rings is 1. The maximum Gasteiger partial charge on any atom is 0.253 e. The molecule has 6 heteroatoms. The summed E-state index contributed by atoms with van der Waals surface area (Å²) in [6.45, 7) is 12.3. The minimum Gasteiger partial charge on any atom is -0.508 e. The van der Waals surface area contributed by atoms with E-state index in [0.717, 1.165) is 30.8 Å². The third-order valence-electron chi connectivity index (χ3n) is 7.27. The van der Waals surface area contributed by atoms with E-state index < -0.39 is 0 Å². The maximum atomic E-state index is 13.0. The zero-order chi connectivity index (χ0) is 24.2. The third-order valence-corrected chi connectivity index (χ3v) is 7.27. The van der Waals surface area contributed by atoms with Crippen LogP contribution in [0.25, 0.3) is 0 Å². The van der Waals surface area contributed by atoms with Gasteiger partial charge >= 0.3 is 0 Å². The van der Waals surface area contributed by atoms with Gasteiger partial charge in [0, 0.05) is 50.4 Å². The lowest BCUT2D eigenvalue weighted by atomic mass is 9.92. The lowest BCUT2D eigenvalue weighted by Gasteiger charge is -2.47. The molecule has 2 aliphatic heterocycles. The molecule has 182 valence electrons. The van der Waals surface area contributed by atoms with Crippen LogP contribution >= 0.6 is 0 Å². The highest BCUT2D eigenvalue weighted by Crippen LogP contribution is 2.34. The van der Waals surface area contributed by atoms with Crippen LogP contribution in [0.4, 0.5) is 0 Å². The van der Waals surface area contributed by atoms with Gasteiger partial charge in [-0.2, -0.15) is 0 Å². The van der Waals surface area contributed by atoms with Crippen molar-refractivity contribution < 1.29 is 15.0 Å². The first kappa shape index (κ1) is 24.5. The molecule has 0 aliphatic carbocycles. The number of piperidine rings is 1. The van der Waals surface area contributed by atoms with Crippen LogP contribution in [-0.4, -0.2) is 81.7 Å². The Kier molecular flexibility index (Phi) is 7.71. The van der Waals surface area contributed by atoms with Crippen molar-refractivity contribution >= 4 is 5.91 Å². The van der Waals surface area contributed by atoms with Crippen LogP contribution in [-0.2, 0) is 0 Å². The number of nitrogens with zero attached hydrogens (tertiary/aromatic N) is 3. The summed E-state index contributed by atoms with van der Waals surface area (Å²) in [6, 6.07) is 16.1. The van der Waals surface area contributed by atoms with E-state index in [1.54, 1.807) is 6.07 Å². The van der Waals surface area contributed by atoms with E-state index in [4.69, 9.17) is 0 Å². The van der Waals surface area contributed by atoms with Crippen LogP contribution in [0.2, 0.25) is 0 Å². The van der Waals surface area contributed by atoms with Gasteiger partial charge in [-0.15, -0.1) is 6.58 Å². The molecule has 2 aromatic rings. The Bertz CT molecular complexity index is 985. The number of hydrogen-bond acceptors (Lipinski definition) is 5. The number of aromatic hydroxyl groups is 1. The van der Waals surface area contributed by atoms with E-state index in [2.05, 4.69) is 36.3 Å². The van der Waals surface area contributed by atoms with E-state index in [0.29, 0.717) is 43.6 Å². The molecule has 0 spiro atoms. The fourth-order valence-corrected chi connectivity index (χ4v) is 5.33. The van der Waals surface area contributed by atoms with Gasteiger partial charge in [-0.25, -0.2) is 0 Å². The Balaban J connectivity index is 1.61. The lowest BCUT2D eigenvalue weighted by molar-refractivity contribution is 0.0306. The number of aliphatic hydroxyl groups excluding tert-OH is 1. The number of benzene rings is 2. The van der Waals surface area contributed by atoms with Crippen LogP contribution in [0.1, 0.15) is 54.2 Å². The monoisotopic (exact) mass is 463 g/mol. The predicted octanol–water partition coefficient (Wildman–Crippen LogP) is 3.66. The molecule has 2 heterocycles. The van der Waals surface area contributed by atoms with Crippen molar-refractivity contribution in [2.45, 2.75) is 50.9 Å². The third kappa shape index (κ3) is 5.35. The van der Waals surface area contributed by atoms with Crippen molar-refractivity contribution in [1.29, 1.82) is 0 Å². The summed E-state index contributed by atoms with van der Waals surface area (Å²) in [6.07, 6.45) is 2.93. The maximum absolute atomic E-state index is 13.0. The molecule has 0 unspecified atom stereocenters. The summed E-state index contributed by atoms with van der Waals surface area (Å²) in [4.78, 5) is 19.8. The van der Waals surface area contributed by atoms with E-state index in [9.17, 15) is 15.0 Å². The molecule has 0 aromatic heterocycles. The molecule has 0 radical (unpaired) electrons. The van der Waals surface area contributed by atoms with Crippen molar-refractivity contribution in [3.05, 3.63) is 77.9 Å². The highest BCUT2D eigenvalue weighted by Gasteiger charge is 2.34. The molecule has 1 amide bonds. The van der Waals surface area contributed by atoms with Gasteiger partial charge in [-0.1, -0.05) is 30.3 Å². The highest BCUT2D eigenvalue weighted by atomic mass is 16.3. The van der Waals surface area contributed by atoms with Crippen LogP contribution in [0.3, 0.4) is 0 Å². The van der Waals surface area contributed by atoms with E-state index in [1.165, 1.54) is 0 Å². The Hall–Kier alpha value is -2.67. The van der Waals surface area contributed by atoms with Crippen molar-refractivity contribution in [3.8, 4) is 5.75 Å². The molecule has 0 bridgehead atoms. The molecular weight excluding hydrogens is 426 g/mol. The molecule has 6 nitrogen and oxygen atoms in total. The summed E-state index contributed by atoms with van der Waals surface area (Å²) >= 11 is 0. The van der Waals surface area contributed by atoms with Crippen molar-refractivity contribution in [3.63, 3.8) is 0 Å². The van der Waals surface area contributed by atoms with Gasteiger partial charge in [0.25, 0.3) is 5.91 Å². The Morgan fingerprint density at radius 3 is 2.41 bits per heavy atom. The summed E-state index contributed by atoms with van der Waals surface area (Å²) < 4.78 is 0. The van der Waals surface area contributed by atoms with Gasteiger partial charge in [0.05, 0.1) is 12.1 Å². The van der Waals surface area contributed by atoms with Crippen LogP contribution < -0.4 is 0 Å². The number of phenols is 1. The zero-order valence-corrected chi connectivity index (χ0v) is 20.3. The Morgan fingerprint density at radius 2 is 1.76 bits per heavy atom. The van der Waals surface area contributed by atoms with Crippen LogP contribution in [0.15, 0.2) is 61.2 Å². The van der Waals surface area contributed by atoms with Crippen molar-refractivity contribution in [1.82, 2.24) is 14.7 Å². The molecule has 4 rings (SSSR count). The van der Waals surface area contributed by atoms with E-state index in [1.807, 2.05) is 47.4 Å². The Morgan fingerprint density at radius 1 is 1.06 bits per heavy atom. The molecule has 2 fully saturated rings. The number of likely N-dealkylation sites (tertiary alicyclic amines) is 1. The summed E-state index contributed by atoms with van der Waals surface area (Å²) in [5, 5.41) is 20.0. The quantitative estimate of drug-likeness (QED) is 0.640. The van der Waals surface area contributed by atoms with Crippen molar-refractivity contribution in [2.75, 3.05) is 32.7 Å². The highest BCUT2D eigenvalue weighted by molar-refractivity contribution is 5.94. The SMILES string of the molecule is C=CCN1C[C@H](C)N([C@H](c2ccc(C(=O)N3CCC(O)CC3)cc2)c2cccc(O)c2)C[C@H]1C. The second-order valence-corrected chi connectivity index (χ2v) is 9.78. The number of carbonyl (C=O) groups is 1. The van der Waals surface area contributed by atoms with Crippen molar-refractivity contribution in [2.24, 2.45) is 0 Å². The fraction of sp³-hybridized carbons (Fsp3) is 0.464. The molecular formula is C28H37N3O3. The average Bonchev–Trinajstić information content (AvgIpc) is 2.83. The van der Waals surface area contributed by atoms with Crippen LogP contribution in [0, 0.1) is 0 Å². The van der Waals surface area contributed by atoms with E-state index in [-0.39, 0.29) is 23.8 Å². The number of aliphatic hydroxyl groups is 1. The molecule has 34 heavy (non-hydrogen) atoms. The fourth-order valence-electron chi connectivity index (χ4n) is 5.33. The van der Waals surface area contributed by atoms with E-state index >= 15 is 0 Å². The minimum absolute atomic E-state index is 0.0207. The van der Waals surface area contributed by atoms with Gasteiger partial charge in [0.2, 0.25) is 0 Å². The summed E-state index contributed by atoms with van der Waals surface area (Å²) in [5.41, 5.74) is 2.82. The van der Waals surface area contributed by atoms with Crippen LogP contribution in [0.5, 0.6) is 5.75 Å². The predicted molar refractivity (Wildman–Crippen MR) is 135 cm³/mol. The van der Waals surface area contributed by atoms with Gasteiger partial charge in [0.15, 0.2) is 0 Å². The molecule has 0 saturated carbocycles. The number of hydrogen-bond donors (Lipinski definition) is 2. The second kappa shape index (κ2) is 10.7. The normalized spacial score (nSPS) is 23.6. The first-order valence-electron chi connectivity index (χ1n) is 12.3. The largest absolute Gasteiger partial charge is 0.508 e. The molecule has 2 N–H and O–H groups in total. The zero-order valence-electron chi connectivity index (χ0n) is 20.3. The number of carbonyl (C=O) groups excluding carboxylic acids is 1. The van der Waals surface area contributed by atoms with Gasteiger partial charge in [-0.05, 0) is 62.1 Å². The molecule has 2 aliphatic rings.